The van der Waals surface area contributed by atoms with Gasteiger partial charge in [0.2, 0.25) is 0 Å². The molecule has 0 aliphatic carbocycles. The fourth-order valence-corrected chi connectivity index (χ4v) is 3.24. The number of hydrogen-bond donors (Lipinski definition) is 1. The number of amides is 1. The second-order valence-electron chi connectivity index (χ2n) is 6.55. The van der Waals surface area contributed by atoms with Crippen LogP contribution in [-0.4, -0.2) is 22.8 Å². The molecular formula is C22H19N3O3. The first-order valence-electron chi connectivity index (χ1n) is 8.88. The largest absolute Gasteiger partial charge is 0.497 e. The Labute approximate surface area is 161 Å². The summed E-state index contributed by atoms with van der Waals surface area (Å²) in [6, 6.07) is 18.9. The van der Waals surface area contributed by atoms with Crippen molar-refractivity contribution in [2.24, 2.45) is 7.05 Å². The van der Waals surface area contributed by atoms with Crippen molar-refractivity contribution in [3.8, 4) is 5.75 Å². The number of aromatic nitrogens is 2. The van der Waals surface area contributed by atoms with Crippen molar-refractivity contribution in [3.05, 3.63) is 82.3 Å². The fraction of sp³-hybridized carbons (Fsp3) is 0.136. The van der Waals surface area contributed by atoms with E-state index in [1.54, 1.807) is 38.4 Å². The maximum atomic E-state index is 12.7. The molecule has 0 spiro atoms. The molecule has 1 N–H and O–H groups in total. The molecule has 140 valence electrons. The molecule has 4 aromatic rings. The van der Waals surface area contributed by atoms with Crippen molar-refractivity contribution < 1.29 is 9.53 Å². The van der Waals surface area contributed by atoms with Crippen LogP contribution in [0.1, 0.15) is 16.1 Å². The Morgan fingerprint density at radius 2 is 1.75 bits per heavy atom. The van der Waals surface area contributed by atoms with Crippen LogP contribution < -0.4 is 15.6 Å². The fourth-order valence-electron chi connectivity index (χ4n) is 3.24. The van der Waals surface area contributed by atoms with Gasteiger partial charge >= 0.3 is 0 Å². The minimum absolute atomic E-state index is 0.225. The topological polar surface area (TPSA) is 73.2 Å². The zero-order valence-corrected chi connectivity index (χ0v) is 15.6. The van der Waals surface area contributed by atoms with Gasteiger partial charge < -0.3 is 10.1 Å². The Morgan fingerprint density at radius 1 is 1.04 bits per heavy atom. The Kier molecular flexibility index (Phi) is 4.53. The lowest BCUT2D eigenvalue weighted by Gasteiger charge is -2.10. The third-order valence-electron chi connectivity index (χ3n) is 4.74. The number of rotatable bonds is 4. The van der Waals surface area contributed by atoms with Crippen molar-refractivity contribution in [1.29, 1.82) is 0 Å². The zero-order valence-electron chi connectivity index (χ0n) is 15.6. The predicted molar refractivity (Wildman–Crippen MR) is 109 cm³/mol. The van der Waals surface area contributed by atoms with Crippen molar-refractivity contribution in [3.63, 3.8) is 0 Å². The van der Waals surface area contributed by atoms with Crippen LogP contribution in [0.2, 0.25) is 0 Å². The third kappa shape index (κ3) is 3.20. The van der Waals surface area contributed by atoms with Crippen LogP contribution in [0.4, 0.5) is 0 Å². The average molecular weight is 373 g/mol. The van der Waals surface area contributed by atoms with Gasteiger partial charge in [-0.05, 0) is 40.6 Å². The third-order valence-corrected chi connectivity index (χ3v) is 4.74. The number of nitrogens with one attached hydrogen (secondary N) is 1. The molecule has 3 aromatic carbocycles. The molecule has 0 atom stereocenters. The summed E-state index contributed by atoms with van der Waals surface area (Å²) in [5, 5.41) is 10.2. The first kappa shape index (κ1) is 17.7. The summed E-state index contributed by atoms with van der Waals surface area (Å²) in [6.07, 6.45) is 0. The Balaban J connectivity index is 1.60. The minimum Gasteiger partial charge on any atom is -0.497 e. The monoisotopic (exact) mass is 373 g/mol. The quantitative estimate of drug-likeness (QED) is 0.597. The molecule has 4 rings (SSSR count). The number of benzene rings is 3. The number of ether oxygens (including phenoxy) is 1. The van der Waals surface area contributed by atoms with E-state index < -0.39 is 0 Å². The van der Waals surface area contributed by atoms with Crippen LogP contribution in [0.25, 0.3) is 21.5 Å². The van der Waals surface area contributed by atoms with Crippen LogP contribution in [0.15, 0.2) is 65.5 Å². The molecule has 0 saturated heterocycles. The van der Waals surface area contributed by atoms with E-state index in [1.165, 1.54) is 4.68 Å². The molecular weight excluding hydrogens is 354 g/mol. The second-order valence-corrected chi connectivity index (χ2v) is 6.55. The van der Waals surface area contributed by atoms with E-state index in [1.807, 2.05) is 36.4 Å². The van der Waals surface area contributed by atoms with E-state index in [0.717, 1.165) is 22.1 Å². The molecule has 0 aliphatic heterocycles. The standard InChI is InChI=1S/C22H19N3O3/c1-25-22(27)19-6-4-3-5-18(19)20(24-25)21(26)23-13-14-7-8-16-12-17(28-2)10-9-15(16)11-14/h3-12H,13H2,1-2H3,(H,23,26). The van der Waals surface area contributed by atoms with E-state index in [4.69, 9.17) is 4.74 Å². The van der Waals surface area contributed by atoms with Gasteiger partial charge in [-0.25, -0.2) is 4.68 Å². The highest BCUT2D eigenvalue weighted by Crippen LogP contribution is 2.22. The molecule has 0 saturated carbocycles. The van der Waals surface area contributed by atoms with Gasteiger partial charge in [-0.2, -0.15) is 5.10 Å². The summed E-state index contributed by atoms with van der Waals surface area (Å²) in [5.41, 5.74) is 0.987. The van der Waals surface area contributed by atoms with E-state index in [0.29, 0.717) is 17.3 Å². The van der Waals surface area contributed by atoms with Crippen LogP contribution in [0.3, 0.4) is 0 Å². The van der Waals surface area contributed by atoms with Gasteiger partial charge in [0.25, 0.3) is 11.5 Å². The number of fused-ring (bicyclic) bond motifs is 2. The van der Waals surface area contributed by atoms with Gasteiger partial charge in [-0.3, -0.25) is 9.59 Å². The molecule has 0 aliphatic rings. The number of methoxy groups -OCH3 is 1. The highest BCUT2D eigenvalue weighted by atomic mass is 16.5. The number of nitrogens with zero attached hydrogens (tertiary/aromatic N) is 2. The summed E-state index contributed by atoms with van der Waals surface area (Å²) in [4.78, 5) is 24.9. The van der Waals surface area contributed by atoms with Crippen molar-refractivity contribution in [2.45, 2.75) is 6.54 Å². The molecule has 1 heterocycles. The van der Waals surface area contributed by atoms with Crippen LogP contribution in [0.5, 0.6) is 5.75 Å². The van der Waals surface area contributed by atoms with E-state index in [-0.39, 0.29) is 17.2 Å². The Hall–Kier alpha value is -3.67. The van der Waals surface area contributed by atoms with Crippen molar-refractivity contribution in [2.75, 3.05) is 7.11 Å². The van der Waals surface area contributed by atoms with Crippen LogP contribution in [0, 0.1) is 0 Å². The van der Waals surface area contributed by atoms with Gasteiger partial charge in [0.15, 0.2) is 5.69 Å². The number of hydrogen-bond acceptors (Lipinski definition) is 4. The lowest BCUT2D eigenvalue weighted by atomic mass is 10.1. The SMILES string of the molecule is COc1ccc2cc(CNC(=O)c3nn(C)c(=O)c4ccccc34)ccc2c1. The molecule has 0 bridgehead atoms. The minimum atomic E-state index is -0.318. The Bertz CT molecular complexity index is 1260. The molecule has 1 aromatic heterocycles. The maximum Gasteiger partial charge on any atom is 0.274 e. The van der Waals surface area contributed by atoms with E-state index >= 15 is 0 Å². The molecule has 6 nitrogen and oxygen atoms in total. The number of aryl methyl sites for hydroxylation is 1. The lowest BCUT2D eigenvalue weighted by Crippen LogP contribution is -2.29. The summed E-state index contributed by atoms with van der Waals surface area (Å²) in [6.45, 7) is 0.361. The van der Waals surface area contributed by atoms with Crippen LogP contribution >= 0.6 is 0 Å². The highest BCUT2D eigenvalue weighted by Gasteiger charge is 2.15. The van der Waals surface area contributed by atoms with E-state index in [9.17, 15) is 9.59 Å². The van der Waals surface area contributed by atoms with Gasteiger partial charge in [0.05, 0.1) is 12.5 Å². The lowest BCUT2D eigenvalue weighted by molar-refractivity contribution is 0.0945. The summed E-state index contributed by atoms with van der Waals surface area (Å²) in [5.74, 6) is 0.489. The smallest absolute Gasteiger partial charge is 0.274 e. The predicted octanol–water partition coefficient (Wildman–Crippen LogP) is 3.03. The van der Waals surface area contributed by atoms with Gasteiger partial charge in [-0.1, -0.05) is 36.4 Å². The van der Waals surface area contributed by atoms with Crippen molar-refractivity contribution >= 4 is 27.5 Å². The molecule has 6 heteroatoms. The van der Waals surface area contributed by atoms with Gasteiger partial charge in [-0.15, -0.1) is 0 Å². The zero-order chi connectivity index (χ0) is 19.7. The molecule has 0 radical (unpaired) electrons. The maximum absolute atomic E-state index is 12.7. The molecule has 0 fully saturated rings. The van der Waals surface area contributed by atoms with Gasteiger partial charge in [0, 0.05) is 19.0 Å². The van der Waals surface area contributed by atoms with E-state index in [2.05, 4.69) is 10.4 Å². The van der Waals surface area contributed by atoms with Gasteiger partial charge in [0.1, 0.15) is 5.75 Å². The summed E-state index contributed by atoms with van der Waals surface area (Å²) < 4.78 is 6.44. The highest BCUT2D eigenvalue weighted by molar-refractivity contribution is 6.04. The first-order valence-corrected chi connectivity index (χ1v) is 8.88. The average Bonchev–Trinajstić information content (AvgIpc) is 2.74. The molecule has 28 heavy (non-hydrogen) atoms. The normalized spacial score (nSPS) is 10.9. The summed E-state index contributed by atoms with van der Waals surface area (Å²) in [7, 11) is 3.19. The summed E-state index contributed by atoms with van der Waals surface area (Å²) >= 11 is 0. The second kappa shape index (κ2) is 7.15. The Morgan fingerprint density at radius 3 is 2.54 bits per heavy atom. The molecule has 0 unspecified atom stereocenters. The molecule has 1 amide bonds. The number of carbonyl (C=O) groups is 1. The van der Waals surface area contributed by atoms with Crippen molar-refractivity contribution in [1.82, 2.24) is 15.1 Å². The van der Waals surface area contributed by atoms with Crippen LogP contribution in [-0.2, 0) is 13.6 Å². The first-order chi connectivity index (χ1) is 13.6. The number of carbonyl (C=O) groups excluding carboxylic acids is 1.